The van der Waals surface area contributed by atoms with E-state index >= 15 is 0 Å². The SMILES string of the molecule is CN1C(=O)CC(Nc2cccc(F)c2C(N)=S)C1=O. The van der Waals surface area contributed by atoms with E-state index in [9.17, 15) is 14.0 Å². The van der Waals surface area contributed by atoms with E-state index < -0.39 is 11.9 Å². The summed E-state index contributed by atoms with van der Waals surface area (Å²) >= 11 is 4.79. The topological polar surface area (TPSA) is 75.4 Å². The van der Waals surface area contributed by atoms with Gasteiger partial charge in [0.25, 0.3) is 5.91 Å². The summed E-state index contributed by atoms with van der Waals surface area (Å²) in [4.78, 5) is 24.1. The van der Waals surface area contributed by atoms with E-state index in [1.807, 2.05) is 0 Å². The first-order valence-corrected chi connectivity index (χ1v) is 5.98. The third kappa shape index (κ3) is 2.41. The molecule has 1 heterocycles. The van der Waals surface area contributed by atoms with Crippen LogP contribution in [0.3, 0.4) is 0 Å². The second kappa shape index (κ2) is 4.93. The zero-order valence-electron chi connectivity index (χ0n) is 10.1. The number of nitrogens with one attached hydrogen (secondary N) is 1. The molecular weight excluding hydrogens is 269 g/mol. The van der Waals surface area contributed by atoms with Gasteiger partial charge in [0, 0.05) is 12.7 Å². The molecule has 7 heteroatoms. The number of anilines is 1. The second-order valence-electron chi connectivity index (χ2n) is 4.22. The number of hydrogen-bond acceptors (Lipinski definition) is 4. The molecule has 0 saturated carbocycles. The summed E-state index contributed by atoms with van der Waals surface area (Å²) in [5.74, 6) is -1.21. The molecule has 0 bridgehead atoms. The maximum absolute atomic E-state index is 13.7. The number of rotatable bonds is 3. The van der Waals surface area contributed by atoms with Crippen molar-refractivity contribution >= 4 is 34.7 Å². The van der Waals surface area contributed by atoms with Crippen LogP contribution in [-0.2, 0) is 9.59 Å². The third-order valence-corrected chi connectivity index (χ3v) is 3.18. The van der Waals surface area contributed by atoms with Gasteiger partial charge in [0.15, 0.2) is 0 Å². The van der Waals surface area contributed by atoms with Gasteiger partial charge in [-0.2, -0.15) is 0 Å². The Morgan fingerprint density at radius 3 is 2.74 bits per heavy atom. The molecule has 100 valence electrons. The Morgan fingerprint density at radius 1 is 1.53 bits per heavy atom. The minimum Gasteiger partial charge on any atom is -0.389 e. The maximum Gasteiger partial charge on any atom is 0.251 e. The molecule has 1 aliphatic heterocycles. The molecule has 1 saturated heterocycles. The lowest BCUT2D eigenvalue weighted by Crippen LogP contribution is -2.32. The Balaban J connectivity index is 2.30. The fourth-order valence-corrected chi connectivity index (χ4v) is 2.16. The van der Waals surface area contributed by atoms with Crippen LogP contribution in [0.1, 0.15) is 12.0 Å². The number of amides is 2. The summed E-state index contributed by atoms with van der Waals surface area (Å²) in [6, 6.07) is 3.55. The lowest BCUT2D eigenvalue weighted by Gasteiger charge is -2.15. The highest BCUT2D eigenvalue weighted by Crippen LogP contribution is 2.23. The number of likely N-dealkylation sites (tertiary alicyclic amines) is 1. The summed E-state index contributed by atoms with van der Waals surface area (Å²) in [6.07, 6.45) is 0.0304. The van der Waals surface area contributed by atoms with Gasteiger partial charge in [0.2, 0.25) is 5.91 Å². The molecule has 2 rings (SSSR count). The molecule has 0 aliphatic carbocycles. The first-order valence-electron chi connectivity index (χ1n) is 5.57. The lowest BCUT2D eigenvalue weighted by molar-refractivity contribution is -0.136. The van der Waals surface area contributed by atoms with Crippen molar-refractivity contribution in [3.05, 3.63) is 29.6 Å². The third-order valence-electron chi connectivity index (χ3n) is 2.97. The number of carbonyl (C=O) groups is 2. The number of hydrogen-bond donors (Lipinski definition) is 2. The normalized spacial score (nSPS) is 18.8. The Hall–Kier alpha value is -2.02. The first kappa shape index (κ1) is 13.4. The quantitative estimate of drug-likeness (QED) is 0.628. The largest absolute Gasteiger partial charge is 0.389 e. The molecule has 1 aromatic carbocycles. The number of thiocarbonyl (C=S) groups is 1. The fraction of sp³-hybridized carbons (Fsp3) is 0.250. The van der Waals surface area contributed by atoms with E-state index in [2.05, 4.69) is 5.32 Å². The lowest BCUT2D eigenvalue weighted by atomic mass is 10.1. The van der Waals surface area contributed by atoms with Gasteiger partial charge in [-0.1, -0.05) is 18.3 Å². The molecule has 1 atom stereocenters. The van der Waals surface area contributed by atoms with Gasteiger partial charge < -0.3 is 11.1 Å². The van der Waals surface area contributed by atoms with Crippen molar-refractivity contribution in [2.45, 2.75) is 12.5 Å². The highest BCUT2D eigenvalue weighted by molar-refractivity contribution is 7.80. The highest BCUT2D eigenvalue weighted by Gasteiger charge is 2.36. The monoisotopic (exact) mass is 281 g/mol. The smallest absolute Gasteiger partial charge is 0.251 e. The summed E-state index contributed by atoms with van der Waals surface area (Å²) in [7, 11) is 1.41. The molecule has 1 unspecified atom stereocenters. The number of carbonyl (C=O) groups excluding carboxylic acids is 2. The molecule has 1 aromatic rings. The molecule has 2 amide bonds. The van der Waals surface area contributed by atoms with Crippen molar-refractivity contribution in [2.24, 2.45) is 5.73 Å². The van der Waals surface area contributed by atoms with Crippen LogP contribution < -0.4 is 11.1 Å². The van der Waals surface area contributed by atoms with Gasteiger partial charge in [0.05, 0.1) is 12.0 Å². The Kier molecular flexibility index (Phi) is 3.48. The molecule has 3 N–H and O–H groups in total. The molecule has 5 nitrogen and oxygen atoms in total. The summed E-state index contributed by atoms with van der Waals surface area (Å²) in [6.45, 7) is 0. The predicted molar refractivity (Wildman–Crippen MR) is 72.1 cm³/mol. The van der Waals surface area contributed by atoms with E-state index in [-0.39, 0.29) is 28.8 Å². The van der Waals surface area contributed by atoms with Crippen molar-refractivity contribution in [3.63, 3.8) is 0 Å². The summed E-state index contributed by atoms with van der Waals surface area (Å²) in [5, 5.41) is 2.82. The molecule has 19 heavy (non-hydrogen) atoms. The van der Waals surface area contributed by atoms with Crippen molar-refractivity contribution in [2.75, 3.05) is 12.4 Å². The minimum absolute atomic E-state index is 0.0304. The fourth-order valence-electron chi connectivity index (χ4n) is 1.95. The summed E-state index contributed by atoms with van der Waals surface area (Å²) in [5.41, 5.74) is 5.83. The Morgan fingerprint density at radius 2 is 2.21 bits per heavy atom. The van der Waals surface area contributed by atoms with E-state index in [1.54, 1.807) is 6.07 Å². The maximum atomic E-state index is 13.7. The number of benzene rings is 1. The Bertz CT molecular complexity index is 576. The van der Waals surface area contributed by atoms with Crippen LogP contribution in [0, 0.1) is 5.82 Å². The zero-order valence-corrected chi connectivity index (χ0v) is 11.0. The van der Waals surface area contributed by atoms with Crippen molar-refractivity contribution in [1.82, 2.24) is 4.90 Å². The van der Waals surface area contributed by atoms with Crippen LogP contribution in [0.25, 0.3) is 0 Å². The Labute approximate surface area is 114 Å². The predicted octanol–water partition coefficient (Wildman–Crippen LogP) is 0.629. The van der Waals surface area contributed by atoms with E-state index in [0.29, 0.717) is 5.69 Å². The molecule has 0 spiro atoms. The average Bonchev–Trinajstić information content (AvgIpc) is 2.57. The van der Waals surface area contributed by atoms with Gasteiger partial charge in [-0.3, -0.25) is 14.5 Å². The van der Waals surface area contributed by atoms with Crippen LogP contribution in [0.15, 0.2) is 18.2 Å². The van der Waals surface area contributed by atoms with Gasteiger partial charge in [-0.15, -0.1) is 0 Å². The van der Waals surface area contributed by atoms with Gasteiger partial charge in [-0.25, -0.2) is 4.39 Å². The molecule has 1 aliphatic rings. The van der Waals surface area contributed by atoms with E-state index in [4.69, 9.17) is 18.0 Å². The number of nitrogens with zero attached hydrogens (tertiary/aromatic N) is 1. The number of likely N-dealkylation sites (N-methyl/N-ethyl adjacent to an activating group) is 1. The van der Waals surface area contributed by atoms with Crippen LogP contribution in [0.2, 0.25) is 0 Å². The van der Waals surface area contributed by atoms with Crippen LogP contribution in [0.5, 0.6) is 0 Å². The van der Waals surface area contributed by atoms with Crippen LogP contribution in [-0.4, -0.2) is 34.8 Å². The van der Waals surface area contributed by atoms with Gasteiger partial charge in [0.1, 0.15) is 16.8 Å². The first-order chi connectivity index (χ1) is 8.91. The van der Waals surface area contributed by atoms with Gasteiger partial charge >= 0.3 is 0 Å². The molecule has 1 fully saturated rings. The highest BCUT2D eigenvalue weighted by atomic mass is 32.1. The van der Waals surface area contributed by atoms with Crippen molar-refractivity contribution < 1.29 is 14.0 Å². The van der Waals surface area contributed by atoms with E-state index in [0.717, 1.165) is 4.90 Å². The van der Waals surface area contributed by atoms with Crippen LogP contribution >= 0.6 is 12.2 Å². The second-order valence-corrected chi connectivity index (χ2v) is 4.66. The molecular formula is C12H12FN3O2S. The molecule has 0 radical (unpaired) electrons. The van der Waals surface area contributed by atoms with Crippen molar-refractivity contribution in [3.8, 4) is 0 Å². The summed E-state index contributed by atoms with van der Waals surface area (Å²) < 4.78 is 13.7. The minimum atomic E-state index is -0.715. The van der Waals surface area contributed by atoms with Crippen LogP contribution in [0.4, 0.5) is 10.1 Å². The molecule has 0 aromatic heterocycles. The standard InChI is InChI=1S/C12H12FN3O2S/c1-16-9(17)5-8(12(16)18)15-7-4-2-3-6(13)10(7)11(14)19/h2-4,8,15H,5H2,1H3,(H2,14,19). The number of imide groups is 1. The average molecular weight is 281 g/mol. The number of nitrogens with two attached hydrogens (primary N) is 1. The van der Waals surface area contributed by atoms with Crippen molar-refractivity contribution in [1.29, 1.82) is 0 Å². The number of halogens is 1. The van der Waals surface area contributed by atoms with E-state index in [1.165, 1.54) is 19.2 Å². The zero-order chi connectivity index (χ0) is 14.2. The van der Waals surface area contributed by atoms with Gasteiger partial charge in [-0.05, 0) is 12.1 Å².